The van der Waals surface area contributed by atoms with E-state index in [9.17, 15) is 0 Å². The Morgan fingerprint density at radius 2 is 1.93 bits per heavy atom. The van der Waals surface area contributed by atoms with Gasteiger partial charge in [0.15, 0.2) is 5.76 Å². The van der Waals surface area contributed by atoms with E-state index in [0.717, 1.165) is 55.0 Å². The van der Waals surface area contributed by atoms with Gasteiger partial charge in [-0.2, -0.15) is 0 Å². The van der Waals surface area contributed by atoms with Crippen LogP contribution in [-0.4, -0.2) is 32.0 Å². The monoisotopic (exact) mass is 368 g/mol. The van der Waals surface area contributed by atoms with Crippen LogP contribution in [0.25, 0.3) is 10.9 Å². The third kappa shape index (κ3) is 3.21. The van der Waals surface area contributed by atoms with Gasteiger partial charge in [-0.05, 0) is 37.0 Å². The zero-order valence-electron chi connectivity index (χ0n) is 16.6. The van der Waals surface area contributed by atoms with Gasteiger partial charge in [0, 0.05) is 55.5 Å². The van der Waals surface area contributed by atoms with Crippen molar-refractivity contribution in [3.8, 4) is 0 Å². The van der Waals surface area contributed by atoms with Crippen molar-refractivity contribution in [2.24, 2.45) is 7.05 Å². The number of methoxy groups -OCH3 is 3. The lowest BCUT2D eigenvalue weighted by Gasteiger charge is -2.22. The largest absolute Gasteiger partial charge is 0.497 e. The quantitative estimate of drug-likeness (QED) is 0.856. The maximum absolute atomic E-state index is 5.61. The Kier molecular flexibility index (Phi) is 4.87. The molecule has 5 heteroatoms. The summed E-state index contributed by atoms with van der Waals surface area (Å²) >= 11 is 0. The molecule has 2 aliphatic rings. The molecule has 0 fully saturated rings. The van der Waals surface area contributed by atoms with Gasteiger partial charge in [-0.3, -0.25) is 0 Å². The molecule has 0 bridgehead atoms. The van der Waals surface area contributed by atoms with Crippen LogP contribution in [0.2, 0.25) is 0 Å². The summed E-state index contributed by atoms with van der Waals surface area (Å²) in [6.07, 6.45) is 7.30. The van der Waals surface area contributed by atoms with Crippen LogP contribution in [0.5, 0.6) is 0 Å². The minimum atomic E-state index is 0.336. The molecule has 0 saturated carbocycles. The van der Waals surface area contributed by atoms with Crippen molar-refractivity contribution in [1.82, 2.24) is 4.57 Å². The van der Waals surface area contributed by atoms with E-state index in [-0.39, 0.29) is 0 Å². The van der Waals surface area contributed by atoms with Crippen LogP contribution in [0.4, 0.5) is 5.69 Å². The van der Waals surface area contributed by atoms with Gasteiger partial charge in [0.2, 0.25) is 0 Å². The highest BCUT2D eigenvalue weighted by molar-refractivity contribution is 5.88. The number of aromatic nitrogens is 1. The normalized spacial score (nSPS) is 19.7. The first-order valence-electron chi connectivity index (χ1n) is 9.56. The number of ether oxygens (including phenoxy) is 3. The fraction of sp³-hybridized carbons (Fsp3) is 0.455. The maximum atomic E-state index is 5.61. The first-order chi connectivity index (χ1) is 13.1. The zero-order valence-corrected chi connectivity index (χ0v) is 16.6. The summed E-state index contributed by atoms with van der Waals surface area (Å²) in [6, 6.07) is 6.66. The fourth-order valence-corrected chi connectivity index (χ4v) is 4.36. The molecule has 1 unspecified atom stereocenters. The van der Waals surface area contributed by atoms with E-state index in [0.29, 0.717) is 6.10 Å². The molecule has 0 saturated heterocycles. The molecule has 0 amide bonds. The average molecular weight is 368 g/mol. The van der Waals surface area contributed by atoms with Crippen LogP contribution in [0.1, 0.15) is 30.5 Å². The van der Waals surface area contributed by atoms with Crippen molar-refractivity contribution in [2.75, 3.05) is 26.6 Å². The number of anilines is 1. The van der Waals surface area contributed by atoms with E-state index in [4.69, 9.17) is 14.2 Å². The van der Waals surface area contributed by atoms with Gasteiger partial charge < -0.3 is 24.1 Å². The Bertz CT molecular complexity index is 923. The number of nitrogens with one attached hydrogen (secondary N) is 1. The Hall–Kier alpha value is -2.40. The highest BCUT2D eigenvalue weighted by Crippen LogP contribution is 2.34. The molecule has 0 spiro atoms. The predicted octanol–water partition coefficient (Wildman–Crippen LogP) is 4.28. The van der Waals surface area contributed by atoms with E-state index >= 15 is 0 Å². The number of benzene rings is 1. The smallest absolute Gasteiger partial charge is 0.158 e. The molecular weight excluding hydrogens is 340 g/mol. The summed E-state index contributed by atoms with van der Waals surface area (Å²) in [5.74, 6) is 1.70. The molecule has 27 heavy (non-hydrogen) atoms. The lowest BCUT2D eigenvalue weighted by atomic mass is 9.93. The predicted molar refractivity (Wildman–Crippen MR) is 108 cm³/mol. The van der Waals surface area contributed by atoms with E-state index in [1.54, 1.807) is 14.2 Å². The highest BCUT2D eigenvalue weighted by Gasteiger charge is 2.24. The van der Waals surface area contributed by atoms with Gasteiger partial charge in [0.05, 0.1) is 25.8 Å². The molecular formula is C22H28N2O3. The van der Waals surface area contributed by atoms with Crippen LogP contribution in [0, 0.1) is 0 Å². The summed E-state index contributed by atoms with van der Waals surface area (Å²) in [6.45, 7) is 0. The fourth-order valence-electron chi connectivity index (χ4n) is 4.36. The number of hydrogen-bond acceptors (Lipinski definition) is 4. The number of nitrogens with zero attached hydrogens (tertiary/aromatic N) is 1. The van der Waals surface area contributed by atoms with Crippen LogP contribution in [0.3, 0.4) is 0 Å². The Labute approximate surface area is 160 Å². The lowest BCUT2D eigenvalue weighted by molar-refractivity contribution is 0.0908. The van der Waals surface area contributed by atoms with Crippen molar-refractivity contribution in [2.45, 2.75) is 38.2 Å². The summed E-state index contributed by atoms with van der Waals surface area (Å²) in [5.41, 5.74) is 6.42. The highest BCUT2D eigenvalue weighted by atomic mass is 16.5. The first kappa shape index (κ1) is 18.0. The lowest BCUT2D eigenvalue weighted by Crippen LogP contribution is -2.21. The molecule has 2 aliphatic carbocycles. The molecule has 1 aromatic heterocycles. The molecule has 2 aromatic rings. The van der Waals surface area contributed by atoms with Gasteiger partial charge in [-0.25, -0.2) is 0 Å². The van der Waals surface area contributed by atoms with Crippen LogP contribution in [-0.2, 0) is 34.1 Å². The first-order valence-corrected chi connectivity index (χ1v) is 9.56. The topological polar surface area (TPSA) is 44.7 Å². The SMILES string of the molecule is COC1=C(OC)CCC(Nc2ccc3c4c(n(C)c3c2)CCC(OC)C4)=C1. The van der Waals surface area contributed by atoms with Gasteiger partial charge in [0.1, 0.15) is 5.76 Å². The molecule has 1 aromatic carbocycles. The maximum Gasteiger partial charge on any atom is 0.158 e. The molecule has 1 atom stereocenters. The molecule has 5 nitrogen and oxygen atoms in total. The van der Waals surface area contributed by atoms with Gasteiger partial charge >= 0.3 is 0 Å². The van der Waals surface area contributed by atoms with Crippen molar-refractivity contribution < 1.29 is 14.2 Å². The van der Waals surface area contributed by atoms with Crippen LogP contribution < -0.4 is 5.32 Å². The van der Waals surface area contributed by atoms with Crippen LogP contribution >= 0.6 is 0 Å². The standard InChI is InChI=1S/C22H28N2O3/c1-24-19-9-7-16(25-2)13-18(19)17-8-5-14(11-20(17)24)23-15-6-10-21(26-3)22(12-15)27-4/h5,8,11-12,16,23H,6-7,9-10,13H2,1-4H3. The van der Waals surface area contributed by atoms with E-state index < -0.39 is 0 Å². The summed E-state index contributed by atoms with van der Waals surface area (Å²) < 4.78 is 18.8. The van der Waals surface area contributed by atoms with Gasteiger partial charge in [-0.1, -0.05) is 6.07 Å². The second kappa shape index (κ2) is 7.31. The Morgan fingerprint density at radius 3 is 2.67 bits per heavy atom. The molecule has 0 aliphatic heterocycles. The summed E-state index contributed by atoms with van der Waals surface area (Å²) in [7, 11) is 7.37. The third-order valence-corrected chi connectivity index (χ3v) is 5.88. The molecule has 1 N–H and O–H groups in total. The Balaban J connectivity index is 1.64. The molecule has 0 radical (unpaired) electrons. The molecule has 4 rings (SSSR count). The molecule has 1 heterocycles. The molecule has 144 valence electrons. The van der Waals surface area contributed by atoms with Crippen molar-refractivity contribution in [1.29, 1.82) is 0 Å². The van der Waals surface area contributed by atoms with E-state index in [2.05, 4.69) is 35.1 Å². The number of hydrogen-bond donors (Lipinski definition) is 1. The van der Waals surface area contributed by atoms with Crippen molar-refractivity contribution in [3.05, 3.63) is 52.7 Å². The van der Waals surface area contributed by atoms with E-state index in [1.165, 1.54) is 22.2 Å². The average Bonchev–Trinajstić information content (AvgIpc) is 2.99. The van der Waals surface area contributed by atoms with Crippen molar-refractivity contribution in [3.63, 3.8) is 0 Å². The summed E-state index contributed by atoms with van der Waals surface area (Å²) in [4.78, 5) is 0. The zero-order chi connectivity index (χ0) is 19.0. The van der Waals surface area contributed by atoms with Crippen LogP contribution in [0.15, 0.2) is 41.5 Å². The minimum Gasteiger partial charge on any atom is -0.497 e. The second-order valence-corrected chi connectivity index (χ2v) is 7.31. The van der Waals surface area contributed by atoms with Gasteiger partial charge in [-0.15, -0.1) is 0 Å². The van der Waals surface area contributed by atoms with Gasteiger partial charge in [0.25, 0.3) is 0 Å². The number of rotatable bonds is 5. The number of allylic oxidation sites excluding steroid dienone is 3. The van der Waals surface area contributed by atoms with Crippen molar-refractivity contribution >= 4 is 16.6 Å². The number of fused-ring (bicyclic) bond motifs is 3. The third-order valence-electron chi connectivity index (χ3n) is 5.88. The number of aryl methyl sites for hydroxylation is 1. The summed E-state index contributed by atoms with van der Waals surface area (Å²) in [5, 5.41) is 4.91. The minimum absolute atomic E-state index is 0.336. The Morgan fingerprint density at radius 1 is 1.07 bits per heavy atom. The second-order valence-electron chi connectivity index (χ2n) is 7.31. The van der Waals surface area contributed by atoms with E-state index in [1.807, 2.05) is 13.2 Å².